The van der Waals surface area contributed by atoms with E-state index in [4.69, 9.17) is 0 Å². The standard InChI is InChI=1S/C5H9N5O2/c1-8-3-6-5(7-10(11)12)9(2)4-8/h3H,4H2,1-2H3/b7-5-. The number of hydrazone groups is 1. The van der Waals surface area contributed by atoms with Gasteiger partial charge in [-0.25, -0.2) is 10.1 Å². The third kappa shape index (κ3) is 1.91. The van der Waals surface area contributed by atoms with Crippen LogP contribution in [0.15, 0.2) is 10.1 Å². The lowest BCUT2D eigenvalue weighted by atomic mass is 10.6. The number of nitrogens with zero attached hydrogens (tertiary/aromatic N) is 5. The summed E-state index contributed by atoms with van der Waals surface area (Å²) in [6.07, 6.45) is 1.50. The smallest absolute Gasteiger partial charge is 0.300 e. The van der Waals surface area contributed by atoms with Crippen molar-refractivity contribution < 1.29 is 5.03 Å². The molecule has 0 radical (unpaired) electrons. The molecule has 0 saturated heterocycles. The second-order valence-corrected chi connectivity index (χ2v) is 2.48. The van der Waals surface area contributed by atoms with Gasteiger partial charge in [0.25, 0.3) is 5.96 Å². The molecule has 0 aromatic heterocycles. The predicted molar refractivity (Wildman–Crippen MR) is 43.3 cm³/mol. The molecule has 1 aliphatic rings. The van der Waals surface area contributed by atoms with Gasteiger partial charge in [-0.15, -0.1) is 0 Å². The van der Waals surface area contributed by atoms with Crippen LogP contribution in [0.3, 0.4) is 0 Å². The van der Waals surface area contributed by atoms with Crippen LogP contribution < -0.4 is 0 Å². The topological polar surface area (TPSA) is 74.3 Å². The lowest BCUT2D eigenvalue weighted by molar-refractivity contribution is -0.485. The summed E-state index contributed by atoms with van der Waals surface area (Å²) in [5, 5.41) is 12.3. The Morgan fingerprint density at radius 3 is 2.92 bits per heavy atom. The summed E-state index contributed by atoms with van der Waals surface area (Å²) < 4.78 is 0. The van der Waals surface area contributed by atoms with Gasteiger partial charge >= 0.3 is 0 Å². The van der Waals surface area contributed by atoms with Crippen molar-refractivity contribution in [3.8, 4) is 0 Å². The molecule has 0 fully saturated rings. The molecule has 12 heavy (non-hydrogen) atoms. The molecule has 0 aromatic carbocycles. The fourth-order valence-electron chi connectivity index (χ4n) is 0.858. The molecular formula is C5H9N5O2. The van der Waals surface area contributed by atoms with Crippen molar-refractivity contribution in [3.05, 3.63) is 10.1 Å². The molecular weight excluding hydrogens is 162 g/mol. The van der Waals surface area contributed by atoms with Gasteiger partial charge in [0, 0.05) is 14.1 Å². The molecule has 7 nitrogen and oxygen atoms in total. The Morgan fingerprint density at radius 2 is 2.42 bits per heavy atom. The summed E-state index contributed by atoms with van der Waals surface area (Å²) in [5.41, 5.74) is 0. The molecule has 0 N–H and O–H groups in total. The minimum Gasteiger partial charge on any atom is -0.348 e. The molecule has 0 atom stereocenters. The van der Waals surface area contributed by atoms with Crippen molar-refractivity contribution in [2.45, 2.75) is 0 Å². The zero-order chi connectivity index (χ0) is 9.14. The quantitative estimate of drug-likeness (QED) is 0.390. The van der Waals surface area contributed by atoms with Gasteiger partial charge in [0.05, 0.1) is 13.0 Å². The van der Waals surface area contributed by atoms with Gasteiger partial charge < -0.3 is 9.80 Å². The van der Waals surface area contributed by atoms with E-state index >= 15 is 0 Å². The molecule has 0 aliphatic carbocycles. The number of guanidine groups is 1. The molecule has 0 aromatic rings. The van der Waals surface area contributed by atoms with Crippen LogP contribution in [-0.4, -0.2) is 47.9 Å². The Labute approximate surface area is 69.1 Å². The van der Waals surface area contributed by atoms with Crippen LogP contribution in [0, 0.1) is 10.1 Å². The Hall–Kier alpha value is -1.66. The first-order valence-corrected chi connectivity index (χ1v) is 3.28. The minimum absolute atomic E-state index is 0.123. The molecule has 0 saturated carbocycles. The first kappa shape index (κ1) is 8.44. The van der Waals surface area contributed by atoms with Gasteiger partial charge in [-0.05, 0) is 0 Å². The summed E-state index contributed by atoms with van der Waals surface area (Å²) in [4.78, 5) is 17.1. The van der Waals surface area contributed by atoms with Gasteiger partial charge in [0.1, 0.15) is 5.10 Å². The highest BCUT2D eigenvalue weighted by Gasteiger charge is 2.14. The van der Waals surface area contributed by atoms with E-state index in [0.29, 0.717) is 6.67 Å². The Balaban J connectivity index is 2.79. The number of nitro groups is 1. The van der Waals surface area contributed by atoms with Crippen molar-refractivity contribution in [2.75, 3.05) is 20.8 Å². The molecule has 0 bridgehead atoms. The number of aliphatic imine (C=N–C) groups is 1. The normalized spacial score (nSPS) is 20.3. The largest absolute Gasteiger partial charge is 0.348 e. The number of hydrogen-bond donors (Lipinski definition) is 0. The third-order valence-corrected chi connectivity index (χ3v) is 1.32. The van der Waals surface area contributed by atoms with E-state index < -0.39 is 5.03 Å². The molecule has 0 amide bonds. The van der Waals surface area contributed by atoms with Gasteiger partial charge in [-0.2, -0.15) is 4.99 Å². The van der Waals surface area contributed by atoms with E-state index in [2.05, 4.69) is 10.1 Å². The fraction of sp³-hybridized carbons (Fsp3) is 0.600. The van der Waals surface area contributed by atoms with E-state index in [-0.39, 0.29) is 5.96 Å². The van der Waals surface area contributed by atoms with Crippen LogP contribution in [0.2, 0.25) is 0 Å². The maximum atomic E-state index is 10.00. The summed E-state index contributed by atoms with van der Waals surface area (Å²) in [6.45, 7) is 0.552. The van der Waals surface area contributed by atoms with E-state index in [1.807, 2.05) is 7.05 Å². The van der Waals surface area contributed by atoms with Crippen LogP contribution in [0.4, 0.5) is 0 Å². The lowest BCUT2D eigenvalue weighted by Gasteiger charge is -2.25. The minimum atomic E-state index is -0.755. The van der Waals surface area contributed by atoms with Crippen molar-refractivity contribution in [3.63, 3.8) is 0 Å². The van der Waals surface area contributed by atoms with Gasteiger partial charge in [0.15, 0.2) is 5.03 Å². The van der Waals surface area contributed by atoms with E-state index in [1.165, 1.54) is 6.34 Å². The van der Waals surface area contributed by atoms with Crippen LogP contribution in [0.5, 0.6) is 0 Å². The van der Waals surface area contributed by atoms with Crippen molar-refractivity contribution in [2.24, 2.45) is 10.1 Å². The first-order valence-electron chi connectivity index (χ1n) is 3.28. The highest BCUT2D eigenvalue weighted by atomic mass is 16.7. The summed E-state index contributed by atoms with van der Waals surface area (Å²) in [6, 6.07) is 0. The monoisotopic (exact) mass is 171 g/mol. The first-order chi connectivity index (χ1) is 5.59. The number of hydrogen-bond acceptors (Lipinski definition) is 3. The molecule has 1 heterocycles. The van der Waals surface area contributed by atoms with Crippen LogP contribution in [-0.2, 0) is 0 Å². The molecule has 1 aliphatic heterocycles. The molecule has 1 rings (SSSR count). The molecule has 0 spiro atoms. The second-order valence-electron chi connectivity index (χ2n) is 2.48. The maximum Gasteiger partial charge on any atom is 0.300 e. The summed E-state index contributed by atoms with van der Waals surface area (Å²) in [5.74, 6) is 0.123. The SMILES string of the molecule is CN1C=N/C(=N/[N+](=O)[O-])N(C)C1. The Bertz CT molecular complexity index is 248. The van der Waals surface area contributed by atoms with Gasteiger partial charge in [-0.1, -0.05) is 0 Å². The van der Waals surface area contributed by atoms with Crippen molar-refractivity contribution in [1.82, 2.24) is 9.80 Å². The Kier molecular flexibility index (Phi) is 2.22. The highest BCUT2D eigenvalue weighted by Crippen LogP contribution is 1.97. The zero-order valence-corrected chi connectivity index (χ0v) is 6.84. The number of rotatable bonds is 1. The van der Waals surface area contributed by atoms with E-state index in [1.54, 1.807) is 16.8 Å². The molecule has 66 valence electrons. The highest BCUT2D eigenvalue weighted by molar-refractivity contribution is 5.88. The van der Waals surface area contributed by atoms with E-state index in [0.717, 1.165) is 0 Å². The van der Waals surface area contributed by atoms with Gasteiger partial charge in [-0.3, -0.25) is 0 Å². The third-order valence-electron chi connectivity index (χ3n) is 1.32. The van der Waals surface area contributed by atoms with Crippen LogP contribution in [0.1, 0.15) is 0 Å². The van der Waals surface area contributed by atoms with Crippen LogP contribution >= 0.6 is 0 Å². The van der Waals surface area contributed by atoms with Gasteiger partial charge in [0.2, 0.25) is 0 Å². The summed E-state index contributed by atoms with van der Waals surface area (Å²) >= 11 is 0. The zero-order valence-electron chi connectivity index (χ0n) is 6.84. The average molecular weight is 171 g/mol. The Morgan fingerprint density at radius 1 is 1.75 bits per heavy atom. The average Bonchev–Trinajstić information content (AvgIpc) is 1.94. The van der Waals surface area contributed by atoms with Crippen LogP contribution in [0.25, 0.3) is 0 Å². The summed E-state index contributed by atoms with van der Waals surface area (Å²) in [7, 11) is 3.51. The maximum absolute atomic E-state index is 10.00. The predicted octanol–water partition coefficient (Wildman–Crippen LogP) is -0.603. The van der Waals surface area contributed by atoms with Crippen molar-refractivity contribution >= 4 is 12.3 Å². The molecule has 7 heteroatoms. The lowest BCUT2D eigenvalue weighted by Crippen LogP contribution is -2.40. The van der Waals surface area contributed by atoms with Crippen molar-refractivity contribution in [1.29, 1.82) is 0 Å². The second kappa shape index (κ2) is 3.16. The van der Waals surface area contributed by atoms with E-state index in [9.17, 15) is 10.1 Å². The molecule has 0 unspecified atom stereocenters. The fourth-order valence-corrected chi connectivity index (χ4v) is 0.858.